The number of fused-ring (bicyclic) bond motifs is 2. The van der Waals surface area contributed by atoms with E-state index < -0.39 is 0 Å². The van der Waals surface area contributed by atoms with Crippen molar-refractivity contribution in [2.75, 3.05) is 0 Å². The van der Waals surface area contributed by atoms with Crippen molar-refractivity contribution < 1.29 is 23.3 Å². The van der Waals surface area contributed by atoms with Gasteiger partial charge in [0.2, 0.25) is 0 Å². The molecule has 0 N–H and O–H groups in total. The normalized spacial score (nSPS) is 10.1. The fourth-order valence-electron chi connectivity index (χ4n) is 6.42. The van der Waals surface area contributed by atoms with Crippen molar-refractivity contribution in [1.82, 2.24) is 9.97 Å². The van der Waals surface area contributed by atoms with Crippen LogP contribution in [0.1, 0.15) is 50.7 Å². The van der Waals surface area contributed by atoms with Gasteiger partial charge in [-0.15, -0.1) is 93.9 Å². The van der Waals surface area contributed by atoms with Crippen LogP contribution in [-0.4, -0.2) is 16.8 Å². The quantitative estimate of drug-likeness (QED) is 0.123. The van der Waals surface area contributed by atoms with Gasteiger partial charge in [0, 0.05) is 12.4 Å². The average molecular weight is 843 g/mol. The maximum atomic E-state index is 4.58. The van der Waals surface area contributed by atoms with E-state index in [2.05, 4.69) is 178 Å². The molecule has 0 bridgehead atoms. The molecule has 0 amide bonds. The van der Waals surface area contributed by atoms with Crippen molar-refractivity contribution in [1.29, 1.82) is 0 Å². The fraction of sp³-hybridized carbons (Fsp3) is 0.125. The third kappa shape index (κ3) is 10.6. The number of rotatable bonds is 6. The van der Waals surface area contributed by atoms with Gasteiger partial charge in [-0.1, -0.05) is 135 Å². The number of halogens is 2. The van der Waals surface area contributed by atoms with E-state index in [1.165, 1.54) is 89.4 Å². The summed E-state index contributed by atoms with van der Waals surface area (Å²) < 4.78 is 0. The van der Waals surface area contributed by atoms with Crippen molar-refractivity contribution in [3.63, 3.8) is 0 Å². The summed E-state index contributed by atoms with van der Waals surface area (Å²) in [5, 5.41) is 5.13. The Kier molecular flexibility index (Phi) is 18.7. The van der Waals surface area contributed by atoms with Gasteiger partial charge in [-0.3, -0.25) is 9.97 Å². The zero-order valence-corrected chi connectivity index (χ0v) is 37.0. The van der Waals surface area contributed by atoms with Gasteiger partial charge in [-0.05, 0) is 47.2 Å². The van der Waals surface area contributed by atoms with Crippen molar-refractivity contribution in [2.45, 2.75) is 39.5 Å². The Hall–Kier alpha value is -3.92. The van der Waals surface area contributed by atoms with Crippen LogP contribution in [0, 0.1) is 14.9 Å². The predicted molar refractivity (Wildman–Crippen MR) is 238 cm³/mol. The molecular weight excluding hydrogens is 795 g/mol. The molecule has 0 fully saturated rings. The Morgan fingerprint density at radius 1 is 0.481 bits per heavy atom. The molecule has 2 radical (unpaired) electrons. The molecule has 0 aliphatic rings. The number of aromatic nitrogens is 2. The zero-order chi connectivity index (χ0) is 35.0. The van der Waals surface area contributed by atoms with Crippen LogP contribution in [0.3, 0.4) is 0 Å². The molecule has 54 heavy (non-hydrogen) atoms. The van der Waals surface area contributed by atoms with E-state index in [1.807, 2.05) is 24.5 Å². The Labute approximate surface area is 352 Å². The van der Waals surface area contributed by atoms with Gasteiger partial charge in [0.05, 0.1) is 11.4 Å². The number of pyridine rings is 2. The average Bonchev–Trinajstić information content (AvgIpc) is 3.82. The van der Waals surface area contributed by atoms with Gasteiger partial charge >= 0.3 is 30.2 Å². The molecule has 276 valence electrons. The van der Waals surface area contributed by atoms with E-state index in [9.17, 15) is 0 Å². The summed E-state index contributed by atoms with van der Waals surface area (Å²) in [6, 6.07) is 51.8. The summed E-state index contributed by atoms with van der Waals surface area (Å²) >= 11 is 1.36. The van der Waals surface area contributed by atoms with Crippen molar-refractivity contribution in [3.05, 3.63) is 184 Å². The van der Waals surface area contributed by atoms with E-state index in [-0.39, 0.29) is 39.7 Å². The first kappa shape index (κ1) is 46.2. The zero-order valence-electron chi connectivity index (χ0n) is 31.9. The molecule has 8 rings (SSSR count). The van der Waals surface area contributed by atoms with Gasteiger partial charge in [-0.25, -0.2) is 0 Å². The first-order chi connectivity index (χ1) is 24.4. The van der Waals surface area contributed by atoms with Crippen molar-refractivity contribution in [3.8, 4) is 44.8 Å². The first-order valence-corrected chi connectivity index (χ1v) is 21.3. The van der Waals surface area contributed by atoms with Crippen LogP contribution in [0.2, 0.25) is 0 Å². The van der Waals surface area contributed by atoms with Crippen LogP contribution in [-0.2, 0) is 23.3 Å². The van der Waals surface area contributed by atoms with E-state index in [4.69, 9.17) is 0 Å². The van der Waals surface area contributed by atoms with Crippen LogP contribution in [0.15, 0.2) is 158 Å². The second-order valence-corrected chi connectivity index (χ2v) is 13.1. The van der Waals surface area contributed by atoms with Crippen molar-refractivity contribution in [2.24, 2.45) is 0 Å². The molecule has 0 saturated heterocycles. The summed E-state index contributed by atoms with van der Waals surface area (Å²) in [4.78, 5) is 9.16. The van der Waals surface area contributed by atoms with E-state index in [1.54, 1.807) is 0 Å². The molecule has 2 aromatic heterocycles. The number of nitrogens with zero attached hydrogens (tertiary/aromatic N) is 2. The molecule has 0 spiro atoms. The van der Waals surface area contributed by atoms with Gasteiger partial charge in [0.25, 0.3) is 0 Å². The SMILES string of the molecule is CC(C)c1cc(-c2ccccn2)c2cc(-c3ccccc3)[cH-]c2c1.CC(C)c1cc(-c2ccccn2)c2cc(-c3ccccc3)[cH-]c2c1.Cl.Cl.[CH3-].[CH3-].[Si]=[Zr]. The van der Waals surface area contributed by atoms with Gasteiger partial charge in [0.1, 0.15) is 0 Å². The standard InChI is InChI=1S/2C23H20N.2CH3.2ClH.Si.Zr/c2*1-16(2)18-12-20-13-19(17-8-4-3-5-9-17)15-21(20)22(14-18)23-10-6-7-11-24-23;;;;;;/h2*3-16H,1-2H3;2*1H3;2*1H;;/q4*-1;;;;. The molecule has 2 nitrogen and oxygen atoms in total. The summed E-state index contributed by atoms with van der Waals surface area (Å²) in [5.74, 6) is 0.985. The minimum absolute atomic E-state index is 0. The molecule has 0 aliphatic heterocycles. The van der Waals surface area contributed by atoms with Crippen LogP contribution in [0.5, 0.6) is 0 Å². The molecule has 6 aromatic carbocycles. The Morgan fingerprint density at radius 3 is 1.15 bits per heavy atom. The first-order valence-electron chi connectivity index (χ1n) is 17.1. The van der Waals surface area contributed by atoms with E-state index >= 15 is 0 Å². The monoisotopic (exact) mass is 840 g/mol. The summed E-state index contributed by atoms with van der Waals surface area (Å²) in [7, 11) is 0. The minimum atomic E-state index is 0. The molecule has 8 aromatic rings. The topological polar surface area (TPSA) is 25.8 Å². The number of benzene rings is 4. The van der Waals surface area contributed by atoms with Crippen LogP contribution >= 0.6 is 24.8 Å². The van der Waals surface area contributed by atoms with Crippen LogP contribution < -0.4 is 0 Å². The van der Waals surface area contributed by atoms with Crippen LogP contribution in [0.25, 0.3) is 66.3 Å². The summed E-state index contributed by atoms with van der Waals surface area (Å²) in [6.45, 7) is 12.0. The maximum absolute atomic E-state index is 4.58. The molecule has 6 heteroatoms. The fourth-order valence-corrected chi connectivity index (χ4v) is 6.42. The second-order valence-electron chi connectivity index (χ2n) is 13.1. The second kappa shape index (κ2) is 21.8. The molecule has 0 atom stereocenters. The predicted octanol–water partition coefficient (Wildman–Crippen LogP) is 14.2. The Balaban J connectivity index is 0.000000334. The Bertz CT molecular complexity index is 2140. The number of hydrogen-bond donors (Lipinski definition) is 0. The Morgan fingerprint density at radius 2 is 0.833 bits per heavy atom. The molecule has 0 aliphatic carbocycles. The van der Waals surface area contributed by atoms with Gasteiger partial charge in [-0.2, -0.15) is 0 Å². The van der Waals surface area contributed by atoms with Crippen molar-refractivity contribution >= 4 is 53.2 Å². The summed E-state index contributed by atoms with van der Waals surface area (Å²) in [5.41, 5.74) is 12.3. The van der Waals surface area contributed by atoms with Crippen LogP contribution in [0.4, 0.5) is 0 Å². The molecule has 2 heterocycles. The third-order valence-electron chi connectivity index (χ3n) is 9.12. The summed E-state index contributed by atoms with van der Waals surface area (Å²) in [6.07, 6.45) is 3.73. The molecular formula is C48H48Cl2N2SiZr-4. The van der Waals surface area contributed by atoms with E-state index in [0.717, 1.165) is 11.4 Å². The number of hydrogen-bond acceptors (Lipinski definition) is 2. The van der Waals surface area contributed by atoms with E-state index in [0.29, 0.717) is 11.8 Å². The van der Waals surface area contributed by atoms with Gasteiger partial charge in [0.15, 0.2) is 0 Å². The molecule has 0 unspecified atom stereocenters. The third-order valence-corrected chi connectivity index (χ3v) is 9.12. The van der Waals surface area contributed by atoms with Gasteiger partial charge < -0.3 is 14.9 Å². The molecule has 0 saturated carbocycles.